The first-order valence-electron chi connectivity index (χ1n) is 6.19. The summed E-state index contributed by atoms with van der Waals surface area (Å²) in [4.78, 5) is 19.1. The van der Waals surface area contributed by atoms with Crippen LogP contribution in [0.5, 0.6) is 0 Å². The van der Waals surface area contributed by atoms with Crippen LogP contribution in [0.25, 0.3) is 0 Å². The highest BCUT2D eigenvalue weighted by Gasteiger charge is 2.28. The van der Waals surface area contributed by atoms with E-state index in [0.29, 0.717) is 6.54 Å². The van der Waals surface area contributed by atoms with Gasteiger partial charge < -0.3 is 9.74 Å². The molecule has 0 aromatic heterocycles. The summed E-state index contributed by atoms with van der Waals surface area (Å²) in [6.07, 6.45) is 3.26. The first kappa shape index (κ1) is 13.3. The minimum absolute atomic E-state index is 0.179. The van der Waals surface area contributed by atoms with E-state index in [9.17, 15) is 4.79 Å². The molecule has 1 heterocycles. The fraction of sp³-hybridized carbons (Fsp3) is 0.917. The zero-order valence-corrected chi connectivity index (χ0v) is 11.0. The topological polar surface area (TPSA) is 32.8 Å². The van der Waals surface area contributed by atoms with Crippen molar-refractivity contribution in [3.63, 3.8) is 0 Å². The number of hydrogen-bond acceptors (Lipinski definition) is 3. The number of hydrogen-bond donors (Lipinski definition) is 0. The van der Waals surface area contributed by atoms with Crippen LogP contribution in [0.4, 0.5) is 4.79 Å². The van der Waals surface area contributed by atoms with E-state index in [-0.39, 0.29) is 11.6 Å². The van der Waals surface area contributed by atoms with Crippen molar-refractivity contribution < 1.29 is 9.63 Å². The number of piperidine rings is 1. The van der Waals surface area contributed by atoms with Gasteiger partial charge in [0.25, 0.3) is 0 Å². The van der Waals surface area contributed by atoms with Crippen molar-refractivity contribution in [1.82, 2.24) is 9.96 Å². The Labute approximate surface area is 98.5 Å². The van der Waals surface area contributed by atoms with Gasteiger partial charge in [-0.2, -0.15) is 0 Å². The van der Waals surface area contributed by atoms with Gasteiger partial charge in [-0.3, -0.25) is 0 Å². The number of rotatable bonds is 2. The molecule has 1 fully saturated rings. The van der Waals surface area contributed by atoms with Crippen LogP contribution >= 0.6 is 0 Å². The summed E-state index contributed by atoms with van der Waals surface area (Å²) in [7, 11) is 0. The molecule has 4 heteroatoms. The Kier molecular flexibility index (Phi) is 4.59. The van der Waals surface area contributed by atoms with E-state index in [2.05, 4.69) is 0 Å². The van der Waals surface area contributed by atoms with Crippen LogP contribution in [-0.4, -0.2) is 41.2 Å². The molecular formula is C12H24N2O2. The third-order valence-corrected chi connectivity index (χ3v) is 2.87. The number of amides is 1. The number of carbonyl (C=O) groups is 1. The zero-order chi connectivity index (χ0) is 12.2. The summed E-state index contributed by atoms with van der Waals surface area (Å²) >= 11 is 0. The fourth-order valence-corrected chi connectivity index (χ4v) is 1.99. The van der Waals surface area contributed by atoms with Gasteiger partial charge in [-0.25, -0.2) is 4.79 Å². The van der Waals surface area contributed by atoms with E-state index in [1.807, 2.05) is 27.7 Å². The molecular weight excluding hydrogens is 204 g/mol. The predicted octanol–water partition coefficient (Wildman–Crippen LogP) is 2.64. The van der Waals surface area contributed by atoms with Crippen molar-refractivity contribution in [1.29, 1.82) is 0 Å². The molecule has 1 aliphatic heterocycles. The first-order chi connectivity index (χ1) is 7.45. The van der Waals surface area contributed by atoms with E-state index in [4.69, 9.17) is 4.84 Å². The van der Waals surface area contributed by atoms with E-state index in [1.54, 1.807) is 9.96 Å². The van der Waals surface area contributed by atoms with E-state index in [0.717, 1.165) is 25.9 Å². The van der Waals surface area contributed by atoms with E-state index < -0.39 is 0 Å². The molecule has 1 aliphatic rings. The van der Waals surface area contributed by atoms with Gasteiger partial charge in [-0.1, -0.05) is 6.42 Å². The van der Waals surface area contributed by atoms with Crippen LogP contribution in [0.2, 0.25) is 0 Å². The number of nitrogens with zero attached hydrogens (tertiary/aromatic N) is 2. The van der Waals surface area contributed by atoms with Crippen molar-refractivity contribution in [3.8, 4) is 0 Å². The largest absolute Gasteiger partial charge is 0.429 e. The Balaban J connectivity index is 2.48. The van der Waals surface area contributed by atoms with Crippen molar-refractivity contribution in [2.75, 3.05) is 19.6 Å². The highest BCUT2D eigenvalue weighted by Crippen LogP contribution is 2.16. The number of hydroxylamine groups is 2. The third-order valence-electron chi connectivity index (χ3n) is 2.87. The normalized spacial score (nSPS) is 18.2. The Morgan fingerprint density at radius 1 is 1.25 bits per heavy atom. The third kappa shape index (κ3) is 3.67. The summed E-state index contributed by atoms with van der Waals surface area (Å²) in [6.45, 7) is 10.5. The van der Waals surface area contributed by atoms with E-state index in [1.165, 1.54) is 6.42 Å². The first-order valence-corrected chi connectivity index (χ1v) is 6.19. The SMILES string of the molecule is CCN(C(=O)ON1CCCCC1)C(C)(C)C. The highest BCUT2D eigenvalue weighted by atomic mass is 16.7. The van der Waals surface area contributed by atoms with Gasteiger partial charge in [-0.05, 0) is 40.5 Å². The molecule has 0 spiro atoms. The van der Waals surface area contributed by atoms with Gasteiger partial charge in [0.1, 0.15) is 0 Å². The van der Waals surface area contributed by atoms with Crippen LogP contribution < -0.4 is 0 Å². The zero-order valence-electron chi connectivity index (χ0n) is 11.0. The smallest absolute Gasteiger partial charge is 0.351 e. The molecule has 0 aliphatic carbocycles. The Morgan fingerprint density at radius 2 is 1.81 bits per heavy atom. The molecule has 94 valence electrons. The van der Waals surface area contributed by atoms with Crippen molar-refractivity contribution >= 4 is 6.09 Å². The van der Waals surface area contributed by atoms with Crippen molar-refractivity contribution in [3.05, 3.63) is 0 Å². The molecule has 0 saturated carbocycles. The molecule has 0 radical (unpaired) electrons. The van der Waals surface area contributed by atoms with Crippen LogP contribution in [-0.2, 0) is 4.84 Å². The maximum atomic E-state index is 12.0. The fourth-order valence-electron chi connectivity index (χ4n) is 1.99. The lowest BCUT2D eigenvalue weighted by molar-refractivity contribution is -0.127. The maximum absolute atomic E-state index is 12.0. The molecule has 1 rings (SSSR count). The monoisotopic (exact) mass is 228 g/mol. The summed E-state index contributed by atoms with van der Waals surface area (Å²) in [5, 5.41) is 1.79. The summed E-state index contributed by atoms with van der Waals surface area (Å²) in [5.41, 5.74) is -0.179. The summed E-state index contributed by atoms with van der Waals surface area (Å²) in [6, 6.07) is 0. The van der Waals surface area contributed by atoms with Crippen LogP contribution in [0.1, 0.15) is 47.0 Å². The second kappa shape index (κ2) is 5.53. The van der Waals surface area contributed by atoms with Gasteiger partial charge in [-0.15, -0.1) is 5.06 Å². The molecule has 0 aromatic carbocycles. The summed E-state index contributed by atoms with van der Waals surface area (Å²) < 4.78 is 0. The number of carbonyl (C=O) groups excluding carboxylic acids is 1. The minimum Gasteiger partial charge on any atom is -0.351 e. The molecule has 0 bridgehead atoms. The molecule has 0 unspecified atom stereocenters. The van der Waals surface area contributed by atoms with Crippen molar-refractivity contribution in [2.45, 2.75) is 52.5 Å². The van der Waals surface area contributed by atoms with Crippen molar-refractivity contribution in [2.24, 2.45) is 0 Å². The lowest BCUT2D eigenvalue weighted by Gasteiger charge is -2.35. The van der Waals surface area contributed by atoms with Crippen LogP contribution in [0, 0.1) is 0 Å². The highest BCUT2D eigenvalue weighted by molar-refractivity contribution is 5.68. The second-order valence-corrected chi connectivity index (χ2v) is 5.26. The van der Waals surface area contributed by atoms with Gasteiger partial charge in [0.15, 0.2) is 0 Å². The lowest BCUT2D eigenvalue weighted by atomic mass is 10.1. The van der Waals surface area contributed by atoms with Crippen LogP contribution in [0.15, 0.2) is 0 Å². The quantitative estimate of drug-likeness (QED) is 0.728. The second-order valence-electron chi connectivity index (χ2n) is 5.26. The molecule has 16 heavy (non-hydrogen) atoms. The molecule has 1 saturated heterocycles. The van der Waals surface area contributed by atoms with Gasteiger partial charge >= 0.3 is 6.09 Å². The Morgan fingerprint density at radius 3 is 2.25 bits per heavy atom. The molecule has 0 atom stereocenters. The van der Waals surface area contributed by atoms with Crippen LogP contribution in [0.3, 0.4) is 0 Å². The molecule has 0 aromatic rings. The van der Waals surface area contributed by atoms with Gasteiger partial charge in [0.05, 0.1) is 0 Å². The molecule has 4 nitrogen and oxygen atoms in total. The Bertz CT molecular complexity index is 230. The maximum Gasteiger partial charge on any atom is 0.429 e. The predicted molar refractivity (Wildman–Crippen MR) is 64.0 cm³/mol. The molecule has 1 amide bonds. The van der Waals surface area contributed by atoms with E-state index >= 15 is 0 Å². The van der Waals surface area contributed by atoms with Gasteiger partial charge in [0, 0.05) is 25.2 Å². The summed E-state index contributed by atoms with van der Waals surface area (Å²) in [5.74, 6) is 0. The van der Waals surface area contributed by atoms with Gasteiger partial charge in [0.2, 0.25) is 0 Å². The average Bonchev–Trinajstić information content (AvgIpc) is 2.17. The standard InChI is InChI=1S/C12H24N2O2/c1-5-14(12(2,3)4)11(15)16-13-9-7-6-8-10-13/h5-10H2,1-4H3. The lowest BCUT2D eigenvalue weighted by Crippen LogP contribution is -2.48. The average molecular weight is 228 g/mol. The Hall–Kier alpha value is -0.770. The minimum atomic E-state index is -0.225. The molecule has 0 N–H and O–H groups in total.